The molecule has 0 bridgehead atoms. The van der Waals surface area contributed by atoms with Crippen molar-refractivity contribution >= 4 is 52.1 Å². The molecule has 0 aliphatic heterocycles. The van der Waals surface area contributed by atoms with Crippen LogP contribution in [0.4, 0.5) is 0 Å². The first kappa shape index (κ1) is 22.3. The van der Waals surface area contributed by atoms with Gasteiger partial charge >= 0.3 is 5.97 Å². The van der Waals surface area contributed by atoms with Crippen molar-refractivity contribution in [2.45, 2.75) is 0 Å². The average molecular weight is 479 g/mol. The normalized spacial score (nSPS) is 11.0. The number of carbonyl (C=O) groups is 2. The van der Waals surface area contributed by atoms with Crippen LogP contribution in [-0.2, 0) is 0 Å². The van der Waals surface area contributed by atoms with Gasteiger partial charge in [-0.1, -0.05) is 65.7 Å². The maximum atomic E-state index is 12.7. The van der Waals surface area contributed by atoms with Crippen molar-refractivity contribution < 1.29 is 19.4 Å². The number of hydrogen-bond acceptors (Lipinski definition) is 5. The summed E-state index contributed by atoms with van der Waals surface area (Å²) in [5.74, 6) is -1.19. The number of nitrogens with zero attached hydrogens (tertiary/aromatic N) is 1. The van der Waals surface area contributed by atoms with Gasteiger partial charge in [0.2, 0.25) is 0 Å². The predicted octanol–water partition coefficient (Wildman–Crippen LogP) is 5.84. The monoisotopic (exact) mass is 478 g/mol. The van der Waals surface area contributed by atoms with E-state index in [2.05, 4.69) is 10.5 Å². The lowest BCUT2D eigenvalue weighted by molar-refractivity contribution is 0.0734. The largest absolute Gasteiger partial charge is 0.507 e. The van der Waals surface area contributed by atoms with E-state index in [1.54, 1.807) is 30.3 Å². The van der Waals surface area contributed by atoms with E-state index in [-0.39, 0.29) is 27.6 Å². The van der Waals surface area contributed by atoms with E-state index in [1.807, 2.05) is 24.3 Å². The maximum Gasteiger partial charge on any atom is 0.345 e. The molecule has 0 unspecified atom stereocenters. The first-order valence-corrected chi connectivity index (χ1v) is 10.5. The number of hydrogen-bond donors (Lipinski definition) is 2. The van der Waals surface area contributed by atoms with Crippen LogP contribution in [0.3, 0.4) is 0 Å². The standard InChI is InChI=1S/C25H16Cl2N2O4/c26-16-10-11-18(21(27)13-16)25(32)33-23-12-9-15-5-1-2-6-17(15)20(23)14-28-29-24(31)19-7-3-4-8-22(19)30/h1-14,30H,(H,29,31). The van der Waals surface area contributed by atoms with E-state index < -0.39 is 11.9 Å². The van der Waals surface area contributed by atoms with E-state index in [9.17, 15) is 14.7 Å². The maximum absolute atomic E-state index is 12.7. The van der Waals surface area contributed by atoms with E-state index >= 15 is 0 Å². The molecule has 0 spiro atoms. The molecule has 0 fully saturated rings. The Hall–Kier alpha value is -3.87. The highest BCUT2D eigenvalue weighted by molar-refractivity contribution is 6.36. The van der Waals surface area contributed by atoms with Crippen LogP contribution in [0.1, 0.15) is 26.3 Å². The highest BCUT2D eigenvalue weighted by atomic mass is 35.5. The second-order valence-electron chi connectivity index (χ2n) is 6.93. The number of carbonyl (C=O) groups excluding carboxylic acids is 2. The summed E-state index contributed by atoms with van der Waals surface area (Å²) in [5, 5.41) is 16.1. The number of rotatable bonds is 5. The molecule has 8 heteroatoms. The molecule has 164 valence electrons. The fraction of sp³-hybridized carbons (Fsp3) is 0. The van der Waals surface area contributed by atoms with Crippen LogP contribution in [0.25, 0.3) is 10.8 Å². The zero-order valence-corrected chi connectivity index (χ0v) is 18.5. The molecule has 4 rings (SSSR count). The van der Waals surface area contributed by atoms with E-state index in [0.717, 1.165) is 10.8 Å². The molecule has 0 saturated heterocycles. The van der Waals surface area contributed by atoms with Crippen molar-refractivity contribution in [3.05, 3.63) is 106 Å². The van der Waals surface area contributed by atoms with Crippen LogP contribution in [0.2, 0.25) is 10.0 Å². The third kappa shape index (κ3) is 4.98. The third-order valence-corrected chi connectivity index (χ3v) is 5.34. The molecule has 33 heavy (non-hydrogen) atoms. The van der Waals surface area contributed by atoms with Gasteiger partial charge in [0.25, 0.3) is 5.91 Å². The Morgan fingerprint density at radius 2 is 1.67 bits per heavy atom. The van der Waals surface area contributed by atoms with Crippen molar-refractivity contribution in [1.29, 1.82) is 0 Å². The first-order valence-electron chi connectivity index (χ1n) is 9.74. The summed E-state index contributed by atoms with van der Waals surface area (Å²) in [7, 11) is 0. The zero-order chi connectivity index (χ0) is 23.4. The molecule has 4 aromatic rings. The number of para-hydroxylation sites is 1. The van der Waals surface area contributed by atoms with Crippen LogP contribution in [0.15, 0.2) is 84.0 Å². The number of fused-ring (bicyclic) bond motifs is 1. The molecule has 6 nitrogen and oxygen atoms in total. The van der Waals surface area contributed by atoms with Gasteiger partial charge in [-0.25, -0.2) is 10.2 Å². The molecule has 0 aliphatic rings. The van der Waals surface area contributed by atoms with Gasteiger partial charge in [-0.15, -0.1) is 0 Å². The predicted molar refractivity (Wildman–Crippen MR) is 129 cm³/mol. The quantitative estimate of drug-likeness (QED) is 0.163. The Morgan fingerprint density at radius 1 is 0.909 bits per heavy atom. The fourth-order valence-corrected chi connectivity index (χ4v) is 3.67. The van der Waals surface area contributed by atoms with Gasteiger partial charge in [-0.05, 0) is 47.2 Å². The Balaban J connectivity index is 1.65. The number of nitrogens with one attached hydrogen (secondary N) is 1. The number of phenolic OH excluding ortho intramolecular Hbond substituents is 1. The summed E-state index contributed by atoms with van der Waals surface area (Å²) in [6.07, 6.45) is 1.38. The molecular weight excluding hydrogens is 463 g/mol. The number of amides is 1. The van der Waals surface area contributed by atoms with Crippen molar-refractivity contribution in [1.82, 2.24) is 5.43 Å². The van der Waals surface area contributed by atoms with Crippen LogP contribution in [-0.4, -0.2) is 23.2 Å². The van der Waals surface area contributed by atoms with Gasteiger partial charge in [-0.3, -0.25) is 4.79 Å². The Labute approximate surface area is 199 Å². The number of hydrazone groups is 1. The molecule has 0 aliphatic carbocycles. The molecule has 2 N–H and O–H groups in total. The number of ether oxygens (including phenoxy) is 1. The summed E-state index contributed by atoms with van der Waals surface area (Å²) >= 11 is 12.0. The zero-order valence-electron chi connectivity index (χ0n) is 17.0. The summed E-state index contributed by atoms with van der Waals surface area (Å²) in [5.41, 5.74) is 3.09. The lowest BCUT2D eigenvalue weighted by atomic mass is 10.0. The molecular formula is C25H16Cl2N2O4. The number of halogens is 2. The van der Waals surface area contributed by atoms with Gasteiger partial charge < -0.3 is 9.84 Å². The van der Waals surface area contributed by atoms with Crippen molar-refractivity contribution in [3.8, 4) is 11.5 Å². The lowest BCUT2D eigenvalue weighted by Gasteiger charge is -2.11. The molecule has 0 radical (unpaired) electrons. The minimum atomic E-state index is -0.667. The Bertz CT molecular complexity index is 1400. The highest BCUT2D eigenvalue weighted by Crippen LogP contribution is 2.29. The molecule has 4 aromatic carbocycles. The number of aromatic hydroxyl groups is 1. The third-order valence-electron chi connectivity index (χ3n) is 4.79. The van der Waals surface area contributed by atoms with Gasteiger partial charge in [0.15, 0.2) is 0 Å². The second-order valence-corrected chi connectivity index (χ2v) is 7.77. The van der Waals surface area contributed by atoms with Crippen LogP contribution in [0, 0.1) is 0 Å². The number of benzene rings is 4. The molecule has 0 saturated carbocycles. The fourth-order valence-electron chi connectivity index (χ4n) is 3.19. The topological polar surface area (TPSA) is 88.0 Å². The highest BCUT2D eigenvalue weighted by Gasteiger charge is 2.17. The van der Waals surface area contributed by atoms with Gasteiger partial charge in [0.1, 0.15) is 11.5 Å². The van der Waals surface area contributed by atoms with Crippen LogP contribution in [0.5, 0.6) is 11.5 Å². The minimum Gasteiger partial charge on any atom is -0.507 e. The molecule has 0 atom stereocenters. The smallest absolute Gasteiger partial charge is 0.345 e. The van der Waals surface area contributed by atoms with Crippen molar-refractivity contribution in [3.63, 3.8) is 0 Å². The Morgan fingerprint density at radius 3 is 2.45 bits per heavy atom. The summed E-state index contributed by atoms with van der Waals surface area (Å²) < 4.78 is 5.61. The molecule has 0 heterocycles. The summed E-state index contributed by atoms with van der Waals surface area (Å²) in [6.45, 7) is 0. The lowest BCUT2D eigenvalue weighted by Crippen LogP contribution is -2.18. The molecule has 1 amide bonds. The summed E-state index contributed by atoms with van der Waals surface area (Å²) in [6, 6.07) is 21.5. The number of phenols is 1. The van der Waals surface area contributed by atoms with Gasteiger partial charge in [-0.2, -0.15) is 5.10 Å². The summed E-state index contributed by atoms with van der Waals surface area (Å²) in [4.78, 5) is 25.1. The average Bonchev–Trinajstić information content (AvgIpc) is 2.80. The Kier molecular flexibility index (Phi) is 6.58. The minimum absolute atomic E-state index is 0.0802. The van der Waals surface area contributed by atoms with E-state index in [4.69, 9.17) is 27.9 Å². The van der Waals surface area contributed by atoms with E-state index in [1.165, 1.54) is 30.5 Å². The SMILES string of the molecule is O=C(NN=Cc1c(OC(=O)c2ccc(Cl)cc2Cl)ccc2ccccc12)c1ccccc1O. The molecule has 0 aromatic heterocycles. The van der Waals surface area contributed by atoms with Gasteiger partial charge in [0.05, 0.1) is 22.4 Å². The van der Waals surface area contributed by atoms with Gasteiger partial charge in [0, 0.05) is 10.6 Å². The van der Waals surface area contributed by atoms with Crippen molar-refractivity contribution in [2.24, 2.45) is 5.10 Å². The van der Waals surface area contributed by atoms with Crippen LogP contribution < -0.4 is 10.2 Å². The van der Waals surface area contributed by atoms with E-state index in [0.29, 0.717) is 10.6 Å². The second kappa shape index (κ2) is 9.73. The van der Waals surface area contributed by atoms with Crippen molar-refractivity contribution in [2.75, 3.05) is 0 Å². The first-order chi connectivity index (χ1) is 15.9. The number of esters is 1. The van der Waals surface area contributed by atoms with Crippen LogP contribution >= 0.6 is 23.2 Å².